The Bertz CT molecular complexity index is 84.6. The third-order valence-corrected chi connectivity index (χ3v) is 1.79. The molecule has 0 fully saturated rings. The molecule has 1 nitrogen and oxygen atoms in total. The molecule has 0 aliphatic carbocycles. The van der Waals surface area contributed by atoms with E-state index >= 15 is 0 Å². The summed E-state index contributed by atoms with van der Waals surface area (Å²) in [5.41, 5.74) is 0. The Balaban J connectivity index is 2.44. The lowest BCUT2D eigenvalue weighted by molar-refractivity contribution is 0.275. The van der Waals surface area contributed by atoms with Gasteiger partial charge in [-0.25, -0.2) is 0 Å². The van der Waals surface area contributed by atoms with Crippen LogP contribution in [0.3, 0.4) is 0 Å². The molecule has 0 amide bonds. The number of nitrogens with zero attached hydrogens (tertiary/aromatic N) is 1. The van der Waals surface area contributed by atoms with E-state index in [-0.39, 0.29) is 0 Å². The Morgan fingerprint density at radius 1 is 1.50 bits per heavy atom. The summed E-state index contributed by atoms with van der Waals surface area (Å²) in [7, 11) is 2.16. The molecular formula is C7H13N. The van der Waals surface area contributed by atoms with Crippen molar-refractivity contribution < 1.29 is 0 Å². The summed E-state index contributed by atoms with van der Waals surface area (Å²) in [4.78, 5) is 2.35. The van der Waals surface area contributed by atoms with Crippen LogP contribution in [0.2, 0.25) is 0 Å². The maximum absolute atomic E-state index is 2.35. The summed E-state index contributed by atoms with van der Waals surface area (Å²) < 4.78 is 0. The van der Waals surface area contributed by atoms with Crippen LogP contribution in [0.4, 0.5) is 0 Å². The lowest BCUT2D eigenvalue weighted by atomic mass is 10.1. The normalized spacial score (nSPS) is 31.0. The van der Waals surface area contributed by atoms with Crippen LogP contribution < -0.4 is 0 Å². The number of hydrogen-bond donors (Lipinski definition) is 0. The van der Waals surface area contributed by atoms with E-state index in [2.05, 4.69) is 31.0 Å². The van der Waals surface area contributed by atoms with Crippen molar-refractivity contribution in [2.24, 2.45) is 0 Å². The molecule has 46 valence electrons. The Kier molecular flexibility index (Phi) is 1.69. The molecule has 0 aromatic rings. The minimum Gasteiger partial charge on any atom is -0.300 e. The predicted molar refractivity (Wildman–Crippen MR) is 35.8 cm³/mol. The van der Waals surface area contributed by atoms with Crippen LogP contribution in [0, 0.1) is 0 Å². The van der Waals surface area contributed by atoms with Crippen LogP contribution in [0.1, 0.15) is 13.3 Å². The second kappa shape index (κ2) is 2.31. The molecule has 1 aliphatic rings. The monoisotopic (exact) mass is 111 g/mol. The predicted octanol–water partition coefficient (Wildman–Crippen LogP) is 1.27. The average molecular weight is 111 g/mol. The van der Waals surface area contributed by atoms with Gasteiger partial charge >= 0.3 is 0 Å². The fourth-order valence-corrected chi connectivity index (χ4v) is 0.894. The van der Waals surface area contributed by atoms with E-state index in [9.17, 15) is 0 Å². The fourth-order valence-electron chi connectivity index (χ4n) is 0.894. The van der Waals surface area contributed by atoms with Crippen molar-refractivity contribution in [3.8, 4) is 0 Å². The molecule has 1 rings (SSSR count). The molecule has 1 atom stereocenters. The lowest BCUT2D eigenvalue weighted by Gasteiger charge is -2.25. The molecule has 0 aromatic heterocycles. The topological polar surface area (TPSA) is 3.24 Å². The fraction of sp³-hybridized carbons (Fsp3) is 0.714. The van der Waals surface area contributed by atoms with Gasteiger partial charge in [-0.05, 0) is 20.4 Å². The second-order valence-corrected chi connectivity index (χ2v) is 2.50. The maximum Gasteiger partial charge on any atom is 0.0163 e. The molecule has 1 heteroatoms. The summed E-state index contributed by atoms with van der Waals surface area (Å²) in [6.45, 7) is 3.38. The number of hydrogen-bond acceptors (Lipinski definition) is 1. The summed E-state index contributed by atoms with van der Waals surface area (Å²) in [6, 6.07) is 0.750. The molecule has 1 unspecified atom stereocenters. The number of rotatable bonds is 0. The molecule has 0 radical (unpaired) electrons. The van der Waals surface area contributed by atoms with Gasteiger partial charge in [0.2, 0.25) is 0 Å². The zero-order chi connectivity index (χ0) is 5.98. The van der Waals surface area contributed by atoms with Crippen LogP contribution in [-0.2, 0) is 0 Å². The largest absolute Gasteiger partial charge is 0.300 e. The van der Waals surface area contributed by atoms with Gasteiger partial charge in [-0.3, -0.25) is 4.90 Å². The first-order valence-corrected chi connectivity index (χ1v) is 3.16. The zero-order valence-corrected chi connectivity index (χ0v) is 5.59. The van der Waals surface area contributed by atoms with Crippen molar-refractivity contribution >= 4 is 0 Å². The van der Waals surface area contributed by atoms with Gasteiger partial charge in [0.05, 0.1) is 0 Å². The van der Waals surface area contributed by atoms with Crippen molar-refractivity contribution in [2.45, 2.75) is 19.4 Å². The SMILES string of the molecule is CC1CC=CCN1C. The van der Waals surface area contributed by atoms with Gasteiger partial charge in [-0.15, -0.1) is 0 Å². The van der Waals surface area contributed by atoms with Gasteiger partial charge in [0.1, 0.15) is 0 Å². The third kappa shape index (κ3) is 1.10. The van der Waals surface area contributed by atoms with E-state index in [1.165, 1.54) is 6.42 Å². The smallest absolute Gasteiger partial charge is 0.0163 e. The lowest BCUT2D eigenvalue weighted by Crippen LogP contribution is -2.30. The summed E-state index contributed by atoms with van der Waals surface area (Å²) in [6.07, 6.45) is 5.70. The molecule has 0 bridgehead atoms. The van der Waals surface area contributed by atoms with Crippen LogP contribution in [0.15, 0.2) is 12.2 Å². The molecule has 1 heterocycles. The van der Waals surface area contributed by atoms with Gasteiger partial charge in [-0.1, -0.05) is 12.2 Å². The van der Waals surface area contributed by atoms with Gasteiger partial charge < -0.3 is 0 Å². The molecule has 0 saturated carbocycles. The summed E-state index contributed by atoms with van der Waals surface area (Å²) >= 11 is 0. The van der Waals surface area contributed by atoms with Gasteiger partial charge in [-0.2, -0.15) is 0 Å². The van der Waals surface area contributed by atoms with Gasteiger partial charge in [0, 0.05) is 12.6 Å². The quantitative estimate of drug-likeness (QED) is 0.425. The highest BCUT2D eigenvalue weighted by molar-refractivity contribution is 4.93. The molecule has 1 aliphatic heterocycles. The molecule has 0 saturated heterocycles. The zero-order valence-electron chi connectivity index (χ0n) is 5.59. The van der Waals surface area contributed by atoms with Crippen LogP contribution in [0.5, 0.6) is 0 Å². The minimum atomic E-state index is 0.750. The van der Waals surface area contributed by atoms with Gasteiger partial charge in [0.15, 0.2) is 0 Å². The van der Waals surface area contributed by atoms with Crippen molar-refractivity contribution in [2.75, 3.05) is 13.6 Å². The average Bonchev–Trinajstić information content (AvgIpc) is 1.77. The highest BCUT2D eigenvalue weighted by atomic mass is 15.1. The highest BCUT2D eigenvalue weighted by Crippen LogP contribution is 2.06. The summed E-state index contributed by atoms with van der Waals surface area (Å²) in [5, 5.41) is 0. The van der Waals surface area contributed by atoms with Crippen molar-refractivity contribution in [1.82, 2.24) is 4.90 Å². The van der Waals surface area contributed by atoms with E-state index in [1.807, 2.05) is 0 Å². The first-order chi connectivity index (χ1) is 3.80. The molecular weight excluding hydrogens is 98.1 g/mol. The standard InChI is InChI=1S/C7H13N/c1-7-5-3-4-6-8(7)2/h3-4,7H,5-6H2,1-2H3. The molecule has 0 aromatic carbocycles. The Labute approximate surface area is 51.0 Å². The highest BCUT2D eigenvalue weighted by Gasteiger charge is 2.07. The van der Waals surface area contributed by atoms with Crippen LogP contribution in [0.25, 0.3) is 0 Å². The van der Waals surface area contributed by atoms with Crippen molar-refractivity contribution in [3.05, 3.63) is 12.2 Å². The Hall–Kier alpha value is -0.300. The second-order valence-electron chi connectivity index (χ2n) is 2.50. The van der Waals surface area contributed by atoms with Gasteiger partial charge in [0.25, 0.3) is 0 Å². The van der Waals surface area contributed by atoms with E-state index in [1.54, 1.807) is 0 Å². The third-order valence-electron chi connectivity index (χ3n) is 1.79. The van der Waals surface area contributed by atoms with E-state index in [4.69, 9.17) is 0 Å². The van der Waals surface area contributed by atoms with Crippen molar-refractivity contribution in [1.29, 1.82) is 0 Å². The molecule has 0 N–H and O–H groups in total. The number of likely N-dealkylation sites (N-methyl/N-ethyl adjacent to an activating group) is 1. The van der Waals surface area contributed by atoms with E-state index in [0.717, 1.165) is 12.6 Å². The molecule has 0 spiro atoms. The van der Waals surface area contributed by atoms with E-state index < -0.39 is 0 Å². The maximum atomic E-state index is 2.35. The van der Waals surface area contributed by atoms with Crippen molar-refractivity contribution in [3.63, 3.8) is 0 Å². The first-order valence-electron chi connectivity index (χ1n) is 3.16. The molecule has 8 heavy (non-hydrogen) atoms. The van der Waals surface area contributed by atoms with E-state index in [0.29, 0.717) is 0 Å². The van der Waals surface area contributed by atoms with Crippen LogP contribution in [-0.4, -0.2) is 24.5 Å². The Morgan fingerprint density at radius 2 is 2.25 bits per heavy atom. The first kappa shape index (κ1) is 5.83. The summed E-state index contributed by atoms with van der Waals surface area (Å²) in [5.74, 6) is 0. The minimum absolute atomic E-state index is 0.750. The van der Waals surface area contributed by atoms with Crippen LogP contribution >= 0.6 is 0 Å². The Morgan fingerprint density at radius 3 is 2.62 bits per heavy atom.